The minimum absolute atomic E-state index is 0.140. The molecule has 10 nitrogen and oxygen atoms in total. The zero-order chi connectivity index (χ0) is 19.0. The molecule has 0 unspecified atom stereocenters. The summed E-state index contributed by atoms with van der Waals surface area (Å²) in [7, 11) is 0. The van der Waals surface area contributed by atoms with Gasteiger partial charge in [0.2, 0.25) is 5.91 Å². The quantitative estimate of drug-likeness (QED) is 0.563. The van der Waals surface area contributed by atoms with E-state index in [9.17, 15) is 4.79 Å². The number of pyridine rings is 1. The summed E-state index contributed by atoms with van der Waals surface area (Å²) in [6.07, 6.45) is 2.01. The lowest BCUT2D eigenvalue weighted by Crippen LogP contribution is -2.26. The number of aromatic nitrogens is 6. The van der Waals surface area contributed by atoms with Gasteiger partial charge in [0.05, 0.1) is 18.7 Å². The SMILES string of the molecule is Cc1noc(-c2ccn3c(CNC(=O)Cc4c(C)noc4C)nnc3c2)n1. The molecule has 0 atom stereocenters. The number of rotatable bonds is 5. The third-order valence-electron chi connectivity index (χ3n) is 4.22. The monoisotopic (exact) mass is 367 g/mol. The van der Waals surface area contributed by atoms with Crippen LogP contribution in [0.4, 0.5) is 0 Å². The summed E-state index contributed by atoms with van der Waals surface area (Å²) in [6.45, 7) is 5.61. The molecule has 0 saturated carbocycles. The molecule has 1 amide bonds. The summed E-state index contributed by atoms with van der Waals surface area (Å²) in [5, 5.41) is 18.8. The lowest BCUT2D eigenvalue weighted by molar-refractivity contribution is -0.120. The van der Waals surface area contributed by atoms with Crippen molar-refractivity contribution < 1.29 is 13.8 Å². The maximum atomic E-state index is 12.2. The third-order valence-corrected chi connectivity index (χ3v) is 4.22. The fourth-order valence-electron chi connectivity index (χ4n) is 2.76. The van der Waals surface area contributed by atoms with E-state index in [4.69, 9.17) is 9.05 Å². The van der Waals surface area contributed by atoms with Gasteiger partial charge in [-0.1, -0.05) is 10.3 Å². The average molecular weight is 367 g/mol. The van der Waals surface area contributed by atoms with Crippen LogP contribution in [0.3, 0.4) is 0 Å². The molecule has 0 fully saturated rings. The van der Waals surface area contributed by atoms with Crippen molar-refractivity contribution in [2.75, 3.05) is 0 Å². The average Bonchev–Trinajstić information content (AvgIpc) is 3.34. The molecule has 138 valence electrons. The first kappa shape index (κ1) is 16.9. The number of hydrogen-bond donors (Lipinski definition) is 1. The van der Waals surface area contributed by atoms with Crippen molar-refractivity contribution in [2.24, 2.45) is 0 Å². The number of amides is 1. The van der Waals surface area contributed by atoms with Gasteiger partial charge in [0, 0.05) is 17.3 Å². The Morgan fingerprint density at radius 1 is 1.19 bits per heavy atom. The number of hydrogen-bond acceptors (Lipinski definition) is 8. The molecule has 4 aromatic rings. The molecule has 0 radical (unpaired) electrons. The van der Waals surface area contributed by atoms with Crippen molar-refractivity contribution in [2.45, 2.75) is 33.7 Å². The maximum Gasteiger partial charge on any atom is 0.258 e. The van der Waals surface area contributed by atoms with Gasteiger partial charge in [-0.25, -0.2) is 0 Å². The van der Waals surface area contributed by atoms with Gasteiger partial charge in [0.1, 0.15) is 5.76 Å². The number of nitrogens with zero attached hydrogens (tertiary/aromatic N) is 6. The molecule has 0 aliphatic carbocycles. The molecule has 0 spiro atoms. The minimum Gasteiger partial charge on any atom is -0.361 e. The summed E-state index contributed by atoms with van der Waals surface area (Å²) in [4.78, 5) is 16.4. The van der Waals surface area contributed by atoms with Crippen LogP contribution in [0.25, 0.3) is 17.1 Å². The Morgan fingerprint density at radius 3 is 2.74 bits per heavy atom. The Hall–Kier alpha value is -3.56. The highest BCUT2D eigenvalue weighted by Crippen LogP contribution is 2.19. The highest BCUT2D eigenvalue weighted by Gasteiger charge is 2.15. The highest BCUT2D eigenvalue weighted by atomic mass is 16.5. The van der Waals surface area contributed by atoms with E-state index in [1.165, 1.54) is 0 Å². The fourth-order valence-corrected chi connectivity index (χ4v) is 2.76. The molecule has 27 heavy (non-hydrogen) atoms. The molecule has 0 aliphatic heterocycles. The molecule has 0 saturated heterocycles. The van der Waals surface area contributed by atoms with Crippen LogP contribution in [0.15, 0.2) is 27.4 Å². The van der Waals surface area contributed by atoms with E-state index in [0.717, 1.165) is 16.8 Å². The summed E-state index contributed by atoms with van der Waals surface area (Å²) in [6, 6.07) is 3.63. The van der Waals surface area contributed by atoms with Crippen LogP contribution >= 0.6 is 0 Å². The van der Waals surface area contributed by atoms with Crippen LogP contribution in [0.2, 0.25) is 0 Å². The normalized spacial score (nSPS) is 11.2. The lowest BCUT2D eigenvalue weighted by Gasteiger charge is -2.04. The number of carbonyl (C=O) groups excluding carboxylic acids is 1. The van der Waals surface area contributed by atoms with E-state index >= 15 is 0 Å². The van der Waals surface area contributed by atoms with Gasteiger partial charge >= 0.3 is 0 Å². The zero-order valence-corrected chi connectivity index (χ0v) is 15.1. The smallest absolute Gasteiger partial charge is 0.258 e. The Labute approximate surface area is 153 Å². The van der Waals surface area contributed by atoms with Crippen LogP contribution in [-0.4, -0.2) is 35.8 Å². The van der Waals surface area contributed by atoms with Gasteiger partial charge in [-0.3, -0.25) is 9.20 Å². The Kier molecular flexibility index (Phi) is 4.15. The van der Waals surface area contributed by atoms with Crippen LogP contribution < -0.4 is 5.32 Å². The molecular weight excluding hydrogens is 350 g/mol. The number of aryl methyl sites for hydroxylation is 3. The standard InChI is InChI=1S/C17H17N7O3/c1-9-13(10(2)26-22-9)7-16(25)18-8-15-21-20-14-6-12(4-5-24(14)15)17-19-11(3)23-27-17/h4-6H,7-8H2,1-3H3,(H,18,25). The predicted octanol–water partition coefficient (Wildman–Crippen LogP) is 1.55. The van der Waals surface area contributed by atoms with Crippen LogP contribution in [0.1, 0.15) is 28.7 Å². The van der Waals surface area contributed by atoms with Crippen LogP contribution in [0, 0.1) is 20.8 Å². The van der Waals surface area contributed by atoms with Crippen molar-refractivity contribution in [3.8, 4) is 11.5 Å². The molecule has 10 heteroatoms. The van der Waals surface area contributed by atoms with E-state index in [-0.39, 0.29) is 18.9 Å². The van der Waals surface area contributed by atoms with Gasteiger partial charge in [-0.15, -0.1) is 10.2 Å². The van der Waals surface area contributed by atoms with Crippen molar-refractivity contribution >= 4 is 11.6 Å². The first-order chi connectivity index (χ1) is 13.0. The van der Waals surface area contributed by atoms with E-state index in [1.54, 1.807) is 30.5 Å². The van der Waals surface area contributed by atoms with Crippen molar-refractivity contribution in [1.82, 2.24) is 35.2 Å². The maximum absolute atomic E-state index is 12.2. The second-order valence-corrected chi connectivity index (χ2v) is 6.16. The highest BCUT2D eigenvalue weighted by molar-refractivity contribution is 5.78. The predicted molar refractivity (Wildman–Crippen MR) is 92.5 cm³/mol. The molecular formula is C17H17N7O3. The molecule has 0 aromatic carbocycles. The Morgan fingerprint density at radius 2 is 2.04 bits per heavy atom. The molecule has 0 aliphatic rings. The van der Waals surface area contributed by atoms with Crippen LogP contribution in [-0.2, 0) is 17.8 Å². The van der Waals surface area contributed by atoms with E-state index in [2.05, 4.69) is 30.8 Å². The molecule has 4 aromatic heterocycles. The summed E-state index contributed by atoms with van der Waals surface area (Å²) >= 11 is 0. The first-order valence-electron chi connectivity index (χ1n) is 8.34. The van der Waals surface area contributed by atoms with E-state index in [0.29, 0.717) is 28.9 Å². The first-order valence-corrected chi connectivity index (χ1v) is 8.34. The van der Waals surface area contributed by atoms with Gasteiger partial charge in [-0.2, -0.15) is 4.98 Å². The van der Waals surface area contributed by atoms with Crippen molar-refractivity contribution in [1.29, 1.82) is 0 Å². The molecule has 4 heterocycles. The zero-order valence-electron chi connectivity index (χ0n) is 15.1. The van der Waals surface area contributed by atoms with Gasteiger partial charge in [0.25, 0.3) is 5.89 Å². The fraction of sp³-hybridized carbons (Fsp3) is 0.294. The van der Waals surface area contributed by atoms with Gasteiger partial charge < -0.3 is 14.4 Å². The lowest BCUT2D eigenvalue weighted by atomic mass is 10.1. The number of nitrogens with one attached hydrogen (secondary N) is 1. The van der Waals surface area contributed by atoms with Crippen molar-refractivity contribution in [3.63, 3.8) is 0 Å². The summed E-state index contributed by atoms with van der Waals surface area (Å²) < 4.78 is 12.0. The molecule has 1 N–H and O–H groups in total. The number of carbonyl (C=O) groups is 1. The topological polar surface area (TPSA) is 124 Å². The van der Waals surface area contributed by atoms with E-state index < -0.39 is 0 Å². The second kappa shape index (κ2) is 6.63. The summed E-state index contributed by atoms with van der Waals surface area (Å²) in [5.74, 6) is 2.11. The van der Waals surface area contributed by atoms with Gasteiger partial charge in [-0.05, 0) is 32.9 Å². The Bertz CT molecular complexity index is 1110. The molecule has 4 rings (SSSR count). The Balaban J connectivity index is 1.47. The molecule has 0 bridgehead atoms. The van der Waals surface area contributed by atoms with Gasteiger partial charge in [0.15, 0.2) is 17.3 Å². The van der Waals surface area contributed by atoms with E-state index in [1.807, 2.05) is 13.0 Å². The summed E-state index contributed by atoms with van der Waals surface area (Å²) in [5.41, 5.74) is 2.90. The minimum atomic E-state index is -0.140. The number of fused-ring (bicyclic) bond motifs is 1. The van der Waals surface area contributed by atoms with Crippen LogP contribution in [0.5, 0.6) is 0 Å². The largest absolute Gasteiger partial charge is 0.361 e. The third kappa shape index (κ3) is 3.28. The second-order valence-electron chi connectivity index (χ2n) is 6.16. The van der Waals surface area contributed by atoms with Crippen molar-refractivity contribution in [3.05, 3.63) is 47.0 Å².